The van der Waals surface area contributed by atoms with Crippen LogP contribution in [0.25, 0.3) is 11.0 Å². The number of Topliss-reactive ketones (excluding diaryl/α,β-unsaturated/α-hetero) is 1. The lowest BCUT2D eigenvalue weighted by Gasteiger charge is -2.17. The minimum Gasteiger partial charge on any atom is -0.508 e. The Bertz CT molecular complexity index is 1190. The molecule has 0 amide bonds. The van der Waals surface area contributed by atoms with E-state index in [0.717, 1.165) is 6.07 Å². The second-order valence-corrected chi connectivity index (χ2v) is 5.33. The molecule has 1 atom stereocenters. The Morgan fingerprint density at radius 1 is 1.25 bits per heavy atom. The van der Waals surface area contributed by atoms with Crippen LogP contribution in [0.15, 0.2) is 57.6 Å². The van der Waals surface area contributed by atoms with Gasteiger partial charge in [-0.25, -0.2) is 4.79 Å². The van der Waals surface area contributed by atoms with Crippen LogP contribution in [0.5, 0.6) is 11.5 Å². The summed E-state index contributed by atoms with van der Waals surface area (Å²) in [6, 6.07) is 0.683. The number of ketones is 1. The zero-order valence-corrected chi connectivity index (χ0v) is 12.6. The molecule has 0 bridgehead atoms. The SMILES string of the molecule is [2H]c1c([2H])c([2H])c([C@H](CC(C)=O)c2c(O)c3ccc(O)cc3oc2=O)c([2H])c1[2H]. The molecule has 2 N–H and O–H groups in total. The van der Waals surface area contributed by atoms with Crippen molar-refractivity contribution in [2.45, 2.75) is 19.3 Å². The zero-order chi connectivity index (χ0) is 21.6. The van der Waals surface area contributed by atoms with Crippen molar-refractivity contribution in [1.29, 1.82) is 0 Å². The Morgan fingerprint density at radius 2 is 1.96 bits per heavy atom. The lowest BCUT2D eigenvalue weighted by atomic mass is 9.87. The number of benzene rings is 2. The average molecular weight is 329 g/mol. The Kier molecular flexibility index (Phi) is 2.75. The first-order valence-corrected chi connectivity index (χ1v) is 7.09. The van der Waals surface area contributed by atoms with Crippen LogP contribution in [0.4, 0.5) is 0 Å². The summed E-state index contributed by atoms with van der Waals surface area (Å²) in [4.78, 5) is 24.5. The van der Waals surface area contributed by atoms with Crippen molar-refractivity contribution >= 4 is 16.8 Å². The summed E-state index contributed by atoms with van der Waals surface area (Å²) >= 11 is 0. The van der Waals surface area contributed by atoms with Gasteiger partial charge in [0.25, 0.3) is 0 Å². The molecular weight excluding hydrogens is 308 g/mol. The second kappa shape index (κ2) is 6.20. The number of hydrogen-bond donors (Lipinski definition) is 2. The number of fused-ring (bicyclic) bond motifs is 1. The summed E-state index contributed by atoms with van der Waals surface area (Å²) < 4.78 is 44.9. The van der Waals surface area contributed by atoms with E-state index in [2.05, 4.69) is 0 Å². The highest BCUT2D eigenvalue weighted by Crippen LogP contribution is 2.36. The fourth-order valence-corrected chi connectivity index (χ4v) is 2.56. The number of aromatic hydroxyl groups is 2. The predicted octanol–water partition coefficient (Wildman–Crippen LogP) is 3.32. The van der Waals surface area contributed by atoms with E-state index in [4.69, 9.17) is 11.3 Å². The molecule has 5 nitrogen and oxygen atoms in total. The molecule has 0 unspecified atom stereocenters. The molecule has 0 spiro atoms. The molecule has 0 aliphatic carbocycles. The van der Waals surface area contributed by atoms with Crippen molar-refractivity contribution < 1.29 is 26.3 Å². The van der Waals surface area contributed by atoms with E-state index in [9.17, 15) is 19.8 Å². The number of carbonyl (C=O) groups excluding carboxylic acids is 1. The normalized spacial score (nSPS) is 15.1. The Balaban J connectivity index is 2.41. The first-order valence-electron chi connectivity index (χ1n) is 9.59. The van der Waals surface area contributed by atoms with Gasteiger partial charge in [-0.05, 0) is 24.6 Å². The van der Waals surface area contributed by atoms with E-state index in [-0.39, 0.29) is 22.3 Å². The molecule has 122 valence electrons. The zero-order valence-electron chi connectivity index (χ0n) is 17.6. The second-order valence-electron chi connectivity index (χ2n) is 5.33. The average Bonchev–Trinajstić information content (AvgIpc) is 2.64. The van der Waals surface area contributed by atoms with E-state index in [1.807, 2.05) is 0 Å². The van der Waals surface area contributed by atoms with E-state index >= 15 is 0 Å². The van der Waals surface area contributed by atoms with Crippen LogP contribution in [-0.2, 0) is 4.79 Å². The van der Waals surface area contributed by atoms with E-state index in [1.165, 1.54) is 19.1 Å². The highest BCUT2D eigenvalue weighted by molar-refractivity contribution is 5.86. The molecule has 1 heterocycles. The molecule has 0 aliphatic rings. The van der Waals surface area contributed by atoms with Crippen molar-refractivity contribution in [3.05, 3.63) is 70.0 Å². The maximum atomic E-state index is 12.6. The van der Waals surface area contributed by atoms with Gasteiger partial charge in [-0.3, -0.25) is 4.79 Å². The lowest BCUT2D eigenvalue weighted by molar-refractivity contribution is -0.117. The summed E-state index contributed by atoms with van der Waals surface area (Å²) in [5, 5.41) is 20.4. The van der Waals surface area contributed by atoms with Gasteiger partial charge in [0.2, 0.25) is 0 Å². The molecule has 0 fully saturated rings. The number of rotatable bonds is 4. The summed E-state index contributed by atoms with van der Waals surface area (Å²) in [7, 11) is 0. The van der Waals surface area contributed by atoms with Crippen LogP contribution in [0.3, 0.4) is 0 Å². The molecule has 24 heavy (non-hydrogen) atoms. The van der Waals surface area contributed by atoms with Gasteiger partial charge in [0.15, 0.2) is 0 Å². The minimum atomic E-state index is -1.32. The van der Waals surface area contributed by atoms with Crippen LogP contribution in [-0.4, -0.2) is 16.0 Å². The van der Waals surface area contributed by atoms with Gasteiger partial charge in [-0.1, -0.05) is 30.2 Å². The summed E-state index contributed by atoms with van der Waals surface area (Å²) in [6.45, 7) is 1.22. The van der Waals surface area contributed by atoms with Crippen molar-refractivity contribution in [2.24, 2.45) is 0 Å². The lowest BCUT2D eigenvalue weighted by Crippen LogP contribution is -2.16. The molecular formula is C19H16O5. The maximum Gasteiger partial charge on any atom is 0.343 e. The van der Waals surface area contributed by atoms with Gasteiger partial charge in [0, 0.05) is 18.4 Å². The highest BCUT2D eigenvalue weighted by Gasteiger charge is 2.25. The molecule has 0 saturated carbocycles. The smallest absolute Gasteiger partial charge is 0.343 e. The van der Waals surface area contributed by atoms with Gasteiger partial charge in [-0.2, -0.15) is 0 Å². The molecule has 0 aliphatic heterocycles. The predicted molar refractivity (Wildman–Crippen MR) is 89.4 cm³/mol. The third kappa shape index (κ3) is 2.88. The van der Waals surface area contributed by atoms with Crippen molar-refractivity contribution in [3.8, 4) is 11.5 Å². The summed E-state index contributed by atoms with van der Waals surface area (Å²) in [5.41, 5.74) is -1.82. The largest absolute Gasteiger partial charge is 0.508 e. The van der Waals surface area contributed by atoms with E-state index in [0.29, 0.717) is 0 Å². The molecule has 2 aromatic carbocycles. The fourth-order valence-electron chi connectivity index (χ4n) is 2.56. The number of phenols is 1. The monoisotopic (exact) mass is 329 g/mol. The summed E-state index contributed by atoms with van der Waals surface area (Å²) in [6.07, 6.45) is -0.393. The maximum absolute atomic E-state index is 12.6. The van der Waals surface area contributed by atoms with Crippen molar-refractivity contribution in [1.82, 2.24) is 0 Å². The van der Waals surface area contributed by atoms with Crippen LogP contribution in [0.1, 0.15) is 37.2 Å². The Hall–Kier alpha value is -3.08. The molecule has 3 aromatic rings. The van der Waals surface area contributed by atoms with Crippen LogP contribution >= 0.6 is 0 Å². The quantitative estimate of drug-likeness (QED) is 0.717. The van der Waals surface area contributed by atoms with Gasteiger partial charge < -0.3 is 14.6 Å². The van der Waals surface area contributed by atoms with E-state index < -0.39 is 65.3 Å². The number of hydrogen-bond acceptors (Lipinski definition) is 5. The van der Waals surface area contributed by atoms with Crippen LogP contribution in [0, 0.1) is 0 Å². The fraction of sp³-hybridized carbons (Fsp3) is 0.158. The number of carbonyl (C=O) groups is 1. The van der Waals surface area contributed by atoms with Gasteiger partial charge in [-0.15, -0.1) is 0 Å². The van der Waals surface area contributed by atoms with Crippen LogP contribution < -0.4 is 5.63 Å². The topological polar surface area (TPSA) is 87.7 Å². The molecule has 0 radical (unpaired) electrons. The third-order valence-electron chi connectivity index (χ3n) is 3.61. The molecule has 0 saturated heterocycles. The van der Waals surface area contributed by atoms with Crippen molar-refractivity contribution in [2.75, 3.05) is 0 Å². The number of phenolic OH excluding ortho intramolecular Hbond substituents is 1. The first kappa shape index (κ1) is 10.6. The van der Waals surface area contributed by atoms with Gasteiger partial charge >= 0.3 is 5.63 Å². The summed E-state index contributed by atoms with van der Waals surface area (Å²) in [5.74, 6) is -2.49. The van der Waals surface area contributed by atoms with Crippen LogP contribution in [0.2, 0.25) is 0 Å². The van der Waals surface area contributed by atoms with E-state index in [1.54, 1.807) is 0 Å². The Labute approximate surface area is 144 Å². The first-order chi connectivity index (χ1) is 13.5. The molecule has 1 aromatic heterocycles. The van der Waals surface area contributed by atoms with Crippen molar-refractivity contribution in [3.63, 3.8) is 0 Å². The molecule has 5 heteroatoms. The standard InChI is InChI=1S/C19H16O5/c1-11(20)9-15(12-5-3-2-4-6-12)17-18(22)14-8-7-13(21)10-16(14)24-19(17)23/h2-8,10,15,21-22H,9H2,1H3/t15-/m0/s1/i2D,3D,4D,5D,6D. The van der Waals surface area contributed by atoms with Gasteiger partial charge in [0.1, 0.15) is 22.9 Å². The Morgan fingerprint density at radius 3 is 2.62 bits per heavy atom. The molecule has 3 rings (SSSR count). The third-order valence-corrected chi connectivity index (χ3v) is 3.61. The minimum absolute atomic E-state index is 0.0679. The van der Waals surface area contributed by atoms with Gasteiger partial charge in [0.05, 0.1) is 17.8 Å². The highest BCUT2D eigenvalue weighted by atomic mass is 16.4.